The molecule has 1 aromatic heterocycles. The number of benzene rings is 1. The molecule has 9 heteroatoms. The summed E-state index contributed by atoms with van der Waals surface area (Å²) >= 11 is 14.6. The lowest BCUT2D eigenvalue weighted by molar-refractivity contribution is -0.117. The smallest absolute Gasteiger partial charge is 0.229 e. The van der Waals surface area contributed by atoms with E-state index in [4.69, 9.17) is 28.5 Å². The Morgan fingerprint density at radius 1 is 1.39 bits per heavy atom. The Kier molecular flexibility index (Phi) is 5.07. The second kappa shape index (κ2) is 7.05. The highest BCUT2D eigenvalue weighted by atomic mass is 35.5. The van der Waals surface area contributed by atoms with Crippen LogP contribution in [-0.4, -0.2) is 21.9 Å². The summed E-state index contributed by atoms with van der Waals surface area (Å²) in [5, 5.41) is 20.7. The zero-order valence-corrected chi connectivity index (χ0v) is 14.8. The molecular formula is C14H10Cl2N4OS2. The third kappa shape index (κ3) is 4.15. The van der Waals surface area contributed by atoms with Gasteiger partial charge in [-0.1, -0.05) is 46.3 Å². The van der Waals surface area contributed by atoms with Gasteiger partial charge in [0.05, 0.1) is 11.8 Å². The Morgan fingerprint density at radius 2 is 2.13 bits per heavy atom. The molecule has 1 heterocycles. The van der Waals surface area contributed by atoms with Crippen molar-refractivity contribution in [3.05, 3.63) is 33.8 Å². The number of hydrogen-bond acceptors (Lipinski definition) is 6. The van der Waals surface area contributed by atoms with Crippen LogP contribution in [0, 0.1) is 17.2 Å². The molecule has 0 radical (unpaired) electrons. The molecule has 5 nitrogen and oxygen atoms in total. The monoisotopic (exact) mass is 384 g/mol. The van der Waals surface area contributed by atoms with Crippen molar-refractivity contribution in [2.75, 3.05) is 11.1 Å². The summed E-state index contributed by atoms with van der Waals surface area (Å²) < 4.78 is 0.663. The first-order chi connectivity index (χ1) is 11.1. The topological polar surface area (TPSA) is 78.7 Å². The molecule has 0 aliphatic heterocycles. The second-order valence-corrected chi connectivity index (χ2v) is 8.03. The third-order valence-electron chi connectivity index (χ3n) is 3.34. The predicted octanol–water partition coefficient (Wildman–Crippen LogP) is 4.20. The molecule has 1 saturated carbocycles. The summed E-state index contributed by atoms with van der Waals surface area (Å²) in [6.45, 7) is 0. The first-order valence-electron chi connectivity index (χ1n) is 6.67. The quantitative estimate of drug-likeness (QED) is 0.616. The van der Waals surface area contributed by atoms with Crippen LogP contribution in [0.15, 0.2) is 22.5 Å². The minimum absolute atomic E-state index is 0.0842. The number of nitrogens with one attached hydrogen (secondary N) is 1. The zero-order valence-electron chi connectivity index (χ0n) is 11.6. The Bertz CT molecular complexity index is 769. The number of nitrogens with zero attached hydrogens (tertiary/aromatic N) is 3. The highest BCUT2D eigenvalue weighted by Gasteiger charge is 2.44. The van der Waals surface area contributed by atoms with Crippen LogP contribution in [0.4, 0.5) is 5.13 Å². The molecule has 118 valence electrons. The van der Waals surface area contributed by atoms with Crippen LogP contribution in [0.2, 0.25) is 10.0 Å². The van der Waals surface area contributed by atoms with Gasteiger partial charge in [-0.05, 0) is 36.1 Å². The van der Waals surface area contributed by atoms with Gasteiger partial charge in [-0.3, -0.25) is 4.79 Å². The maximum Gasteiger partial charge on any atom is 0.229 e. The summed E-state index contributed by atoms with van der Waals surface area (Å²) in [6, 6.07) is 7.37. The van der Waals surface area contributed by atoms with Crippen LogP contribution in [0.3, 0.4) is 0 Å². The van der Waals surface area contributed by atoms with Gasteiger partial charge in [0.15, 0.2) is 4.34 Å². The first-order valence-corrected chi connectivity index (χ1v) is 9.22. The minimum Gasteiger partial charge on any atom is -0.300 e. The summed E-state index contributed by atoms with van der Waals surface area (Å²) in [5.41, 5.74) is 0.977. The van der Waals surface area contributed by atoms with Gasteiger partial charge in [-0.25, -0.2) is 0 Å². The molecule has 3 rings (SSSR count). The van der Waals surface area contributed by atoms with E-state index in [0.29, 0.717) is 25.3 Å². The zero-order chi connectivity index (χ0) is 16.4. The van der Waals surface area contributed by atoms with Crippen molar-refractivity contribution < 1.29 is 4.79 Å². The van der Waals surface area contributed by atoms with E-state index in [1.807, 2.05) is 18.2 Å². The van der Waals surface area contributed by atoms with Crippen molar-refractivity contribution in [3.8, 4) is 6.07 Å². The van der Waals surface area contributed by atoms with E-state index in [0.717, 1.165) is 12.0 Å². The highest BCUT2D eigenvalue weighted by Crippen LogP contribution is 2.49. The minimum atomic E-state index is -0.108. The summed E-state index contributed by atoms with van der Waals surface area (Å²) in [5.74, 6) is 0.247. The van der Waals surface area contributed by atoms with Gasteiger partial charge in [-0.2, -0.15) is 5.26 Å². The van der Waals surface area contributed by atoms with Gasteiger partial charge in [0.1, 0.15) is 0 Å². The molecule has 1 amide bonds. The fraction of sp³-hybridized carbons (Fsp3) is 0.286. The number of carbonyl (C=O) groups excluding carboxylic acids is 1. The Morgan fingerprint density at radius 3 is 2.83 bits per heavy atom. The fourth-order valence-electron chi connectivity index (χ4n) is 2.25. The third-order valence-corrected chi connectivity index (χ3v) is 5.61. The molecule has 0 spiro atoms. The number of halogens is 2. The summed E-state index contributed by atoms with van der Waals surface area (Å²) in [4.78, 5) is 12.3. The predicted molar refractivity (Wildman–Crippen MR) is 92.2 cm³/mol. The van der Waals surface area contributed by atoms with E-state index in [-0.39, 0.29) is 17.7 Å². The number of hydrogen-bond donors (Lipinski definition) is 1. The van der Waals surface area contributed by atoms with Crippen LogP contribution in [0.25, 0.3) is 0 Å². The van der Waals surface area contributed by atoms with E-state index in [2.05, 4.69) is 15.5 Å². The number of nitriles is 1. The van der Waals surface area contributed by atoms with Gasteiger partial charge in [0.2, 0.25) is 11.0 Å². The highest BCUT2D eigenvalue weighted by molar-refractivity contribution is 8.01. The Hall–Kier alpha value is -1.33. The molecule has 2 atom stereocenters. The maximum atomic E-state index is 12.3. The van der Waals surface area contributed by atoms with Gasteiger partial charge in [0, 0.05) is 16.0 Å². The van der Waals surface area contributed by atoms with Crippen molar-refractivity contribution >= 4 is 57.3 Å². The van der Waals surface area contributed by atoms with Gasteiger partial charge < -0.3 is 5.32 Å². The van der Waals surface area contributed by atoms with Crippen LogP contribution in [-0.2, 0) is 4.79 Å². The van der Waals surface area contributed by atoms with Crippen molar-refractivity contribution in [1.29, 1.82) is 5.26 Å². The lowest BCUT2D eigenvalue weighted by Crippen LogP contribution is -2.14. The number of amides is 1. The van der Waals surface area contributed by atoms with Gasteiger partial charge in [-0.15, -0.1) is 10.2 Å². The molecule has 23 heavy (non-hydrogen) atoms. The molecule has 2 unspecified atom stereocenters. The number of thioether (sulfide) groups is 1. The number of anilines is 1. The Labute approximate surface area is 151 Å². The first kappa shape index (κ1) is 16.5. The summed E-state index contributed by atoms with van der Waals surface area (Å²) in [6.07, 6.45) is 0.761. The van der Waals surface area contributed by atoms with E-state index < -0.39 is 0 Å². The standard InChI is InChI=1S/C14H10Cl2N4OS2/c15-8-3-7(4-9(16)5-8)10-6-11(10)12(21)18-13-19-20-14(23-13)22-2-1-17/h3-5,10-11H,2,6H2,(H,18,19,21). The Balaban J connectivity index is 1.60. The normalized spacial score (nSPS) is 19.2. The number of rotatable bonds is 5. The van der Waals surface area contributed by atoms with Crippen LogP contribution in [0.1, 0.15) is 17.9 Å². The lowest BCUT2D eigenvalue weighted by atomic mass is 10.1. The van der Waals surface area contributed by atoms with Crippen molar-refractivity contribution in [1.82, 2.24) is 10.2 Å². The van der Waals surface area contributed by atoms with Gasteiger partial charge >= 0.3 is 0 Å². The molecule has 1 N–H and O–H groups in total. The molecule has 0 saturated heterocycles. The maximum absolute atomic E-state index is 12.3. The van der Waals surface area contributed by atoms with E-state index >= 15 is 0 Å². The molecule has 0 bridgehead atoms. The largest absolute Gasteiger partial charge is 0.300 e. The van der Waals surface area contributed by atoms with Crippen molar-refractivity contribution in [2.45, 2.75) is 16.7 Å². The SMILES string of the molecule is N#CCSc1nnc(NC(=O)C2CC2c2cc(Cl)cc(Cl)c2)s1. The molecular weight excluding hydrogens is 375 g/mol. The molecule has 2 aromatic rings. The average molecular weight is 385 g/mol. The second-order valence-electron chi connectivity index (χ2n) is 4.96. The van der Waals surface area contributed by atoms with E-state index in [9.17, 15) is 4.79 Å². The van der Waals surface area contributed by atoms with Gasteiger partial charge in [0.25, 0.3) is 0 Å². The number of aromatic nitrogens is 2. The molecule has 1 fully saturated rings. The molecule has 1 aliphatic carbocycles. The van der Waals surface area contributed by atoms with Crippen LogP contribution in [0.5, 0.6) is 0 Å². The number of carbonyl (C=O) groups is 1. The summed E-state index contributed by atoms with van der Waals surface area (Å²) in [7, 11) is 0. The van der Waals surface area contributed by atoms with Crippen molar-refractivity contribution in [2.24, 2.45) is 5.92 Å². The van der Waals surface area contributed by atoms with E-state index in [1.165, 1.54) is 23.1 Å². The molecule has 1 aromatic carbocycles. The average Bonchev–Trinajstić information content (AvgIpc) is 3.19. The van der Waals surface area contributed by atoms with Crippen LogP contribution >= 0.6 is 46.3 Å². The van der Waals surface area contributed by atoms with Crippen molar-refractivity contribution in [3.63, 3.8) is 0 Å². The fourth-order valence-corrected chi connectivity index (χ4v) is 4.21. The van der Waals surface area contributed by atoms with Crippen LogP contribution < -0.4 is 5.32 Å². The molecule has 1 aliphatic rings. The van der Waals surface area contributed by atoms with E-state index in [1.54, 1.807) is 6.07 Å². The lowest BCUT2D eigenvalue weighted by Gasteiger charge is -2.03.